The summed E-state index contributed by atoms with van der Waals surface area (Å²) in [6, 6.07) is 17.4. The summed E-state index contributed by atoms with van der Waals surface area (Å²) in [5.41, 5.74) is 2.53. The molecule has 2 aromatic heterocycles. The van der Waals surface area contributed by atoms with E-state index in [1.165, 1.54) is 17.4 Å². The third-order valence-electron chi connectivity index (χ3n) is 5.14. The lowest BCUT2D eigenvalue weighted by molar-refractivity contribution is 0.266. The number of nitrogens with zero attached hydrogens (tertiary/aromatic N) is 2. The molecule has 0 bridgehead atoms. The molecule has 0 saturated heterocycles. The Bertz CT molecular complexity index is 1570. The number of aromatic nitrogens is 2. The summed E-state index contributed by atoms with van der Waals surface area (Å²) in [7, 11) is 0. The van der Waals surface area contributed by atoms with Crippen molar-refractivity contribution in [3.8, 4) is 11.5 Å². The maximum absolute atomic E-state index is 14.1. The first kappa shape index (κ1) is 21.4. The molecular weight excluding hydrogens is 463 g/mol. The molecule has 5 nitrogen and oxygen atoms in total. The average molecular weight is 481 g/mol. The SMILES string of the molecule is CCOc1cc(C=c2sc3nc4ccccc4n3c2=O)ccc1OCc1c(F)cccc1Cl. The molecule has 0 fully saturated rings. The van der Waals surface area contributed by atoms with Gasteiger partial charge in [-0.2, -0.15) is 0 Å². The number of para-hydroxylation sites is 2. The lowest BCUT2D eigenvalue weighted by atomic mass is 10.2. The van der Waals surface area contributed by atoms with Crippen LogP contribution >= 0.6 is 22.9 Å². The molecule has 0 radical (unpaired) electrons. The third kappa shape index (κ3) is 4.05. The van der Waals surface area contributed by atoms with Gasteiger partial charge in [-0.25, -0.2) is 13.8 Å². The topological polar surface area (TPSA) is 52.8 Å². The first-order chi connectivity index (χ1) is 16.0. The molecule has 0 N–H and O–H groups in total. The standard InChI is InChI=1S/C25H18ClFN2O3S/c1-2-31-22-12-15(10-11-21(22)32-14-16-17(26)6-5-7-18(16)27)13-23-24(30)29-20-9-4-3-8-19(20)28-25(29)33-23/h3-13H,2,14H2,1H3. The number of halogens is 2. The molecule has 0 aliphatic rings. The highest BCUT2D eigenvalue weighted by Crippen LogP contribution is 2.31. The predicted molar refractivity (Wildman–Crippen MR) is 129 cm³/mol. The van der Waals surface area contributed by atoms with Gasteiger partial charge >= 0.3 is 0 Å². The molecule has 2 heterocycles. The normalized spacial score (nSPS) is 12.0. The van der Waals surface area contributed by atoms with Gasteiger partial charge in [0.15, 0.2) is 16.5 Å². The molecule has 0 aliphatic heterocycles. The molecule has 0 amide bonds. The Morgan fingerprint density at radius 2 is 1.94 bits per heavy atom. The van der Waals surface area contributed by atoms with Gasteiger partial charge in [0, 0.05) is 5.56 Å². The second-order valence-electron chi connectivity index (χ2n) is 7.26. The van der Waals surface area contributed by atoms with Gasteiger partial charge in [-0.1, -0.05) is 47.2 Å². The zero-order valence-electron chi connectivity index (χ0n) is 17.5. The Morgan fingerprint density at radius 3 is 2.76 bits per heavy atom. The van der Waals surface area contributed by atoms with E-state index in [0.717, 1.165) is 16.6 Å². The molecule has 33 heavy (non-hydrogen) atoms. The molecule has 0 aliphatic carbocycles. The van der Waals surface area contributed by atoms with Crippen molar-refractivity contribution >= 4 is 45.0 Å². The van der Waals surface area contributed by atoms with E-state index in [1.807, 2.05) is 37.3 Å². The van der Waals surface area contributed by atoms with Crippen LogP contribution in [0.15, 0.2) is 65.5 Å². The van der Waals surface area contributed by atoms with Crippen molar-refractivity contribution in [3.05, 3.63) is 97.5 Å². The van der Waals surface area contributed by atoms with Gasteiger partial charge < -0.3 is 9.47 Å². The van der Waals surface area contributed by atoms with Gasteiger partial charge in [0.25, 0.3) is 5.56 Å². The van der Waals surface area contributed by atoms with Crippen LogP contribution in [0.5, 0.6) is 11.5 Å². The van der Waals surface area contributed by atoms with Crippen LogP contribution in [0.25, 0.3) is 22.1 Å². The summed E-state index contributed by atoms with van der Waals surface area (Å²) in [5, 5.41) is 0.302. The number of hydrogen-bond acceptors (Lipinski definition) is 5. The molecule has 5 rings (SSSR count). The van der Waals surface area contributed by atoms with Gasteiger partial charge in [-0.15, -0.1) is 0 Å². The fourth-order valence-corrected chi connectivity index (χ4v) is 4.79. The highest BCUT2D eigenvalue weighted by atomic mass is 35.5. The molecule has 166 valence electrons. The Kier molecular flexibility index (Phi) is 5.74. The van der Waals surface area contributed by atoms with Gasteiger partial charge in [0.2, 0.25) is 0 Å². The smallest absolute Gasteiger partial charge is 0.274 e. The van der Waals surface area contributed by atoms with Crippen LogP contribution < -0.4 is 19.6 Å². The van der Waals surface area contributed by atoms with Crippen molar-refractivity contribution in [2.24, 2.45) is 0 Å². The van der Waals surface area contributed by atoms with Gasteiger partial charge in [0.05, 0.1) is 27.2 Å². The van der Waals surface area contributed by atoms with Crippen LogP contribution in [0.3, 0.4) is 0 Å². The van der Waals surface area contributed by atoms with E-state index >= 15 is 0 Å². The Morgan fingerprint density at radius 1 is 1.09 bits per heavy atom. The Hall–Kier alpha value is -3.42. The third-order valence-corrected chi connectivity index (χ3v) is 6.47. The van der Waals surface area contributed by atoms with E-state index in [9.17, 15) is 9.18 Å². The lowest BCUT2D eigenvalue weighted by Crippen LogP contribution is -2.22. The molecule has 0 unspecified atom stereocenters. The van der Waals surface area contributed by atoms with Crippen LogP contribution in [0.2, 0.25) is 5.02 Å². The van der Waals surface area contributed by atoms with Gasteiger partial charge in [0.1, 0.15) is 12.4 Å². The van der Waals surface area contributed by atoms with Gasteiger partial charge in [-0.3, -0.25) is 4.79 Å². The Labute approximate surface area is 197 Å². The highest BCUT2D eigenvalue weighted by Gasteiger charge is 2.13. The maximum Gasteiger partial charge on any atom is 0.274 e. The van der Waals surface area contributed by atoms with Crippen molar-refractivity contribution in [1.29, 1.82) is 0 Å². The molecule has 0 saturated carbocycles. The van der Waals surface area contributed by atoms with Crippen molar-refractivity contribution in [2.45, 2.75) is 13.5 Å². The summed E-state index contributed by atoms with van der Waals surface area (Å²) in [6.45, 7) is 2.25. The molecule has 5 aromatic rings. The van der Waals surface area contributed by atoms with Crippen molar-refractivity contribution in [2.75, 3.05) is 6.61 Å². The zero-order chi connectivity index (χ0) is 22.9. The monoisotopic (exact) mass is 480 g/mol. The van der Waals surface area contributed by atoms with Crippen molar-refractivity contribution in [3.63, 3.8) is 0 Å². The number of thiazole rings is 1. The van der Waals surface area contributed by atoms with Crippen LogP contribution in [0.1, 0.15) is 18.1 Å². The van der Waals surface area contributed by atoms with Crippen LogP contribution in [0, 0.1) is 5.82 Å². The van der Waals surface area contributed by atoms with Crippen LogP contribution in [-0.4, -0.2) is 16.0 Å². The van der Waals surface area contributed by atoms with E-state index in [-0.39, 0.29) is 17.7 Å². The molecule has 8 heteroatoms. The fraction of sp³-hybridized carbons (Fsp3) is 0.120. The summed E-state index contributed by atoms with van der Waals surface area (Å²) in [4.78, 5) is 18.2. The van der Waals surface area contributed by atoms with E-state index in [0.29, 0.717) is 32.6 Å². The minimum atomic E-state index is -0.427. The molecular formula is C25H18ClFN2O3S. The number of ether oxygens (including phenoxy) is 2. The summed E-state index contributed by atoms with van der Waals surface area (Å²) < 4.78 is 27.8. The quantitative estimate of drug-likeness (QED) is 0.334. The van der Waals surface area contributed by atoms with E-state index < -0.39 is 5.82 Å². The number of imidazole rings is 1. The minimum Gasteiger partial charge on any atom is -0.490 e. The summed E-state index contributed by atoms with van der Waals surface area (Å²) in [6.07, 6.45) is 1.80. The number of benzene rings is 3. The largest absolute Gasteiger partial charge is 0.490 e. The van der Waals surface area contributed by atoms with Crippen LogP contribution in [0.4, 0.5) is 4.39 Å². The summed E-state index contributed by atoms with van der Waals surface area (Å²) in [5.74, 6) is 0.532. The number of fused-ring (bicyclic) bond motifs is 3. The number of rotatable bonds is 6. The van der Waals surface area contributed by atoms with Gasteiger partial charge in [-0.05, 0) is 55.0 Å². The zero-order valence-corrected chi connectivity index (χ0v) is 19.1. The number of hydrogen-bond donors (Lipinski definition) is 0. The van der Waals surface area contributed by atoms with Crippen molar-refractivity contribution < 1.29 is 13.9 Å². The molecule has 3 aromatic carbocycles. The van der Waals surface area contributed by atoms with Crippen molar-refractivity contribution in [1.82, 2.24) is 9.38 Å². The second kappa shape index (κ2) is 8.84. The fourth-order valence-electron chi connectivity index (χ4n) is 3.59. The highest BCUT2D eigenvalue weighted by molar-refractivity contribution is 7.15. The maximum atomic E-state index is 14.1. The first-order valence-corrected chi connectivity index (χ1v) is 11.5. The van der Waals surface area contributed by atoms with E-state index in [4.69, 9.17) is 21.1 Å². The molecule has 0 spiro atoms. The lowest BCUT2D eigenvalue weighted by Gasteiger charge is -2.13. The average Bonchev–Trinajstić information content (AvgIpc) is 3.31. The summed E-state index contributed by atoms with van der Waals surface area (Å²) >= 11 is 7.43. The van der Waals surface area contributed by atoms with E-state index in [1.54, 1.807) is 34.7 Å². The van der Waals surface area contributed by atoms with Crippen LogP contribution in [-0.2, 0) is 6.61 Å². The van der Waals surface area contributed by atoms with E-state index in [2.05, 4.69) is 4.98 Å². The Balaban J connectivity index is 1.49. The first-order valence-electron chi connectivity index (χ1n) is 10.3. The minimum absolute atomic E-state index is 0.0332. The molecule has 0 atom stereocenters. The second-order valence-corrected chi connectivity index (χ2v) is 8.68. The predicted octanol–water partition coefficient (Wildman–Crippen LogP) is 5.23.